The summed E-state index contributed by atoms with van der Waals surface area (Å²) in [6.45, 7) is 0.889. The Morgan fingerprint density at radius 2 is 1.65 bits per heavy atom. The van der Waals surface area contributed by atoms with E-state index in [0.717, 1.165) is 11.1 Å². The molecule has 0 atom stereocenters. The Labute approximate surface area is 181 Å². The number of sulfonamides is 1. The van der Waals surface area contributed by atoms with E-state index in [0.29, 0.717) is 42.4 Å². The number of rotatable bonds is 6. The van der Waals surface area contributed by atoms with Crippen molar-refractivity contribution >= 4 is 27.3 Å². The van der Waals surface area contributed by atoms with Crippen LogP contribution >= 0.6 is 0 Å². The van der Waals surface area contributed by atoms with E-state index in [1.165, 1.54) is 24.3 Å². The lowest BCUT2D eigenvalue weighted by Gasteiger charge is -2.28. The van der Waals surface area contributed by atoms with E-state index in [1.807, 2.05) is 6.08 Å². The summed E-state index contributed by atoms with van der Waals surface area (Å²) >= 11 is 0. The molecule has 2 aromatic carbocycles. The first kappa shape index (κ1) is 22.4. The smallest absolute Gasteiger partial charge is 0.322 e. The minimum atomic E-state index is -3.78. The van der Waals surface area contributed by atoms with Gasteiger partial charge in [-0.05, 0) is 36.3 Å². The highest BCUT2D eigenvalue weighted by molar-refractivity contribution is 7.89. The van der Waals surface area contributed by atoms with Gasteiger partial charge >= 0.3 is 6.03 Å². The number of nitrogens with one attached hydrogen (secondary N) is 1. The first-order valence-electron chi connectivity index (χ1n) is 9.45. The zero-order valence-electron chi connectivity index (χ0n) is 17.5. The quantitative estimate of drug-likeness (QED) is 0.702. The molecular formula is C21H25N3O6S. The minimum Gasteiger partial charge on any atom is -0.496 e. The van der Waals surface area contributed by atoms with Crippen molar-refractivity contribution in [1.29, 1.82) is 0 Å². The van der Waals surface area contributed by atoms with E-state index in [-0.39, 0.29) is 10.9 Å². The highest BCUT2D eigenvalue weighted by Gasteiger charge is 2.23. The number of nitrogens with zero attached hydrogens (tertiary/aromatic N) is 1. The van der Waals surface area contributed by atoms with Gasteiger partial charge in [-0.3, -0.25) is 0 Å². The van der Waals surface area contributed by atoms with Gasteiger partial charge in [-0.15, -0.1) is 0 Å². The summed E-state index contributed by atoms with van der Waals surface area (Å²) in [5.74, 6) is 1.90. The van der Waals surface area contributed by atoms with Crippen LogP contribution in [0, 0.1) is 0 Å². The molecule has 9 nitrogen and oxygen atoms in total. The van der Waals surface area contributed by atoms with Crippen molar-refractivity contribution in [2.75, 3.05) is 39.7 Å². The van der Waals surface area contributed by atoms with E-state index in [2.05, 4.69) is 5.32 Å². The molecule has 0 saturated heterocycles. The molecule has 166 valence electrons. The van der Waals surface area contributed by atoms with Crippen LogP contribution < -0.4 is 24.7 Å². The molecule has 3 N–H and O–H groups in total. The monoisotopic (exact) mass is 447 g/mol. The maximum Gasteiger partial charge on any atom is 0.322 e. The lowest BCUT2D eigenvalue weighted by molar-refractivity contribution is 0.217. The Hall–Kier alpha value is -3.24. The van der Waals surface area contributed by atoms with Gasteiger partial charge < -0.3 is 24.4 Å². The third kappa shape index (κ3) is 5.09. The molecule has 2 amide bonds. The summed E-state index contributed by atoms with van der Waals surface area (Å²) in [6, 6.07) is 8.99. The molecule has 0 bridgehead atoms. The lowest BCUT2D eigenvalue weighted by atomic mass is 9.97. The van der Waals surface area contributed by atoms with Gasteiger partial charge in [0.15, 0.2) is 0 Å². The number of nitrogens with two attached hydrogens (primary N) is 1. The second-order valence-corrected chi connectivity index (χ2v) is 8.39. The lowest BCUT2D eigenvalue weighted by Crippen LogP contribution is -2.37. The van der Waals surface area contributed by atoms with Gasteiger partial charge in [0, 0.05) is 30.9 Å². The number of carbonyl (C=O) groups excluding carboxylic acids is 1. The first-order valence-corrected chi connectivity index (χ1v) is 11.0. The van der Waals surface area contributed by atoms with Gasteiger partial charge in [0.05, 0.1) is 31.8 Å². The number of benzene rings is 2. The Balaban J connectivity index is 1.73. The van der Waals surface area contributed by atoms with Crippen LogP contribution in [-0.4, -0.2) is 53.8 Å². The number of hydrogen-bond donors (Lipinski definition) is 2. The third-order valence-corrected chi connectivity index (χ3v) is 5.90. The molecule has 0 fully saturated rings. The van der Waals surface area contributed by atoms with Crippen molar-refractivity contribution in [2.24, 2.45) is 5.14 Å². The molecule has 1 heterocycles. The number of urea groups is 1. The van der Waals surface area contributed by atoms with Gasteiger partial charge in [-0.1, -0.05) is 6.08 Å². The van der Waals surface area contributed by atoms with Crippen LogP contribution in [0.25, 0.3) is 5.57 Å². The number of amides is 2. The van der Waals surface area contributed by atoms with E-state index in [1.54, 1.807) is 38.4 Å². The molecule has 0 aliphatic carbocycles. The molecule has 0 aromatic heterocycles. The van der Waals surface area contributed by atoms with Crippen molar-refractivity contribution < 1.29 is 27.4 Å². The maximum absolute atomic E-state index is 12.6. The molecular weight excluding hydrogens is 422 g/mol. The zero-order chi connectivity index (χ0) is 22.6. The maximum atomic E-state index is 12.6. The van der Waals surface area contributed by atoms with Crippen molar-refractivity contribution in [1.82, 2.24) is 4.90 Å². The Morgan fingerprint density at radius 3 is 2.10 bits per heavy atom. The average Bonchev–Trinajstić information content (AvgIpc) is 2.77. The molecule has 1 aliphatic heterocycles. The highest BCUT2D eigenvalue weighted by Crippen LogP contribution is 2.40. The van der Waals surface area contributed by atoms with Crippen LogP contribution in [-0.2, 0) is 10.0 Å². The predicted molar refractivity (Wildman–Crippen MR) is 117 cm³/mol. The van der Waals surface area contributed by atoms with Gasteiger partial charge in [0.2, 0.25) is 10.0 Å². The minimum absolute atomic E-state index is 0.0153. The number of carbonyl (C=O) groups is 1. The van der Waals surface area contributed by atoms with E-state index in [4.69, 9.17) is 19.3 Å². The fourth-order valence-electron chi connectivity index (χ4n) is 3.33. The Morgan fingerprint density at radius 1 is 1.03 bits per heavy atom. The van der Waals surface area contributed by atoms with Crippen LogP contribution in [0.4, 0.5) is 10.5 Å². The standard InChI is InChI=1S/C21H25N3O6S/c1-28-16-12-18(29-2)20(19(13-16)30-3)14-8-10-24(11-9-14)21(25)23-15-4-6-17(7-5-15)31(22,26)27/h4-8,12-13H,9-11H2,1-3H3,(H,23,25)(H2,22,26,27). The molecule has 10 heteroatoms. The van der Waals surface area contributed by atoms with Crippen LogP contribution in [0.2, 0.25) is 0 Å². The fourth-order valence-corrected chi connectivity index (χ4v) is 3.85. The van der Waals surface area contributed by atoms with Gasteiger partial charge in [0.25, 0.3) is 0 Å². The number of hydrogen-bond acceptors (Lipinski definition) is 6. The Kier molecular flexibility index (Phi) is 6.71. The van der Waals surface area contributed by atoms with Gasteiger partial charge in [0.1, 0.15) is 17.2 Å². The molecule has 0 spiro atoms. The summed E-state index contributed by atoms with van der Waals surface area (Å²) in [7, 11) is 0.970. The van der Waals surface area contributed by atoms with E-state index >= 15 is 0 Å². The molecule has 0 saturated carbocycles. The van der Waals surface area contributed by atoms with Crippen LogP contribution in [0.15, 0.2) is 47.4 Å². The molecule has 1 aliphatic rings. The largest absolute Gasteiger partial charge is 0.496 e. The summed E-state index contributed by atoms with van der Waals surface area (Å²) < 4.78 is 39.0. The van der Waals surface area contributed by atoms with E-state index in [9.17, 15) is 13.2 Å². The summed E-state index contributed by atoms with van der Waals surface area (Å²) in [6.07, 6.45) is 2.57. The van der Waals surface area contributed by atoms with Gasteiger partial charge in [-0.25, -0.2) is 18.4 Å². The van der Waals surface area contributed by atoms with Crippen molar-refractivity contribution in [3.05, 3.63) is 48.0 Å². The molecule has 31 heavy (non-hydrogen) atoms. The van der Waals surface area contributed by atoms with Crippen molar-refractivity contribution in [3.8, 4) is 17.2 Å². The zero-order valence-corrected chi connectivity index (χ0v) is 18.4. The van der Waals surface area contributed by atoms with E-state index < -0.39 is 10.0 Å². The molecule has 3 rings (SSSR count). The first-order chi connectivity index (χ1) is 14.8. The second kappa shape index (κ2) is 9.27. The summed E-state index contributed by atoms with van der Waals surface area (Å²) in [5, 5.41) is 7.85. The summed E-state index contributed by atoms with van der Waals surface area (Å²) in [5.41, 5.74) is 2.33. The normalized spacial score (nSPS) is 13.9. The van der Waals surface area contributed by atoms with Crippen molar-refractivity contribution in [2.45, 2.75) is 11.3 Å². The molecule has 2 aromatic rings. The predicted octanol–water partition coefficient (Wildman–Crippen LogP) is 2.68. The Bertz CT molecular complexity index is 1070. The highest BCUT2D eigenvalue weighted by atomic mass is 32.2. The average molecular weight is 448 g/mol. The van der Waals surface area contributed by atoms with Gasteiger partial charge in [-0.2, -0.15) is 0 Å². The topological polar surface area (TPSA) is 120 Å². The SMILES string of the molecule is COc1cc(OC)c(C2=CCN(C(=O)Nc3ccc(S(N)(=O)=O)cc3)CC2)c(OC)c1. The fraction of sp³-hybridized carbons (Fsp3) is 0.286. The molecule has 0 radical (unpaired) electrons. The third-order valence-electron chi connectivity index (χ3n) is 4.97. The molecule has 0 unspecified atom stereocenters. The summed E-state index contributed by atoms with van der Waals surface area (Å²) in [4.78, 5) is 14.2. The number of primary sulfonamides is 1. The van der Waals surface area contributed by atoms with Crippen molar-refractivity contribution in [3.63, 3.8) is 0 Å². The second-order valence-electron chi connectivity index (χ2n) is 6.83. The number of ether oxygens (including phenoxy) is 3. The number of anilines is 1. The van der Waals surface area contributed by atoms with Crippen LogP contribution in [0.1, 0.15) is 12.0 Å². The van der Waals surface area contributed by atoms with Crippen LogP contribution in [0.5, 0.6) is 17.2 Å². The number of methoxy groups -OCH3 is 3. The van der Waals surface area contributed by atoms with Crippen LogP contribution in [0.3, 0.4) is 0 Å².